The Labute approximate surface area is 201 Å². The monoisotopic (exact) mass is 519 g/mol. The van der Waals surface area contributed by atoms with Crippen LogP contribution in [0.2, 0.25) is 0 Å². The van der Waals surface area contributed by atoms with E-state index in [4.69, 9.17) is 4.74 Å². The van der Waals surface area contributed by atoms with Crippen molar-refractivity contribution in [3.8, 4) is 0 Å². The molecule has 3 aromatic rings. The highest BCUT2D eigenvalue weighted by Crippen LogP contribution is 2.57. The number of rotatable bonds is 2. The molecule has 6 nitrogen and oxygen atoms in total. The Kier molecular flexibility index (Phi) is 4.49. The Balaban J connectivity index is 1.55. The molecule has 6 rings (SSSR count). The van der Waals surface area contributed by atoms with Crippen LogP contribution >= 0.6 is 15.9 Å². The molecule has 0 bridgehead atoms. The molecule has 2 amide bonds. The molecule has 0 radical (unpaired) electrons. The van der Waals surface area contributed by atoms with Gasteiger partial charge in [-0.2, -0.15) is 0 Å². The number of hydrogen-bond acceptors (Lipinski definition) is 5. The van der Waals surface area contributed by atoms with Crippen LogP contribution in [0, 0.1) is 17.7 Å². The Morgan fingerprint density at radius 1 is 0.824 bits per heavy atom. The summed E-state index contributed by atoms with van der Waals surface area (Å²) in [4.78, 5) is 55.7. The Morgan fingerprint density at radius 2 is 1.47 bits per heavy atom. The van der Waals surface area contributed by atoms with Crippen molar-refractivity contribution >= 4 is 45.0 Å². The summed E-state index contributed by atoms with van der Waals surface area (Å²) in [6.45, 7) is 0. The summed E-state index contributed by atoms with van der Waals surface area (Å²) in [6, 6.07) is 18.3. The molecule has 0 N–H and O–H groups in total. The normalized spacial score (nSPS) is 24.8. The van der Waals surface area contributed by atoms with Gasteiger partial charge in [0, 0.05) is 15.6 Å². The summed E-state index contributed by atoms with van der Waals surface area (Å²) in [5.74, 6) is -5.69. The van der Waals surface area contributed by atoms with Crippen LogP contribution in [0.1, 0.15) is 32.4 Å². The van der Waals surface area contributed by atoms with Gasteiger partial charge in [-0.15, -0.1) is 0 Å². The highest BCUT2D eigenvalue weighted by Gasteiger charge is 2.74. The third-order valence-corrected chi connectivity index (χ3v) is 7.31. The number of carbonyl (C=O) groups excluding carboxylic acids is 4. The number of Topliss-reactive ketones (excluding diaryl/α,β-unsaturated/α-hetero) is 2. The number of anilines is 1. The molecular formula is C26H15BrFNO5. The maximum absolute atomic E-state index is 14.1. The SMILES string of the molecule is O=C1[C@@H]2[C@@H](c3cccc(F)c3)OC3(C(=O)c4ccccc4C3=O)[C@@H]2C(=O)N1c1ccc(Br)cc1. The fourth-order valence-electron chi connectivity index (χ4n) is 5.35. The van der Waals surface area contributed by atoms with Gasteiger partial charge in [0.1, 0.15) is 5.82 Å². The van der Waals surface area contributed by atoms with Crippen LogP contribution in [0.15, 0.2) is 77.3 Å². The molecule has 3 atom stereocenters. The molecule has 2 fully saturated rings. The second-order valence-corrected chi connectivity index (χ2v) is 9.44. The largest absolute Gasteiger partial charge is 0.349 e. The average Bonchev–Trinajstić information content (AvgIpc) is 3.40. The lowest BCUT2D eigenvalue weighted by molar-refractivity contribution is -0.127. The van der Waals surface area contributed by atoms with Gasteiger partial charge in [0.15, 0.2) is 0 Å². The number of benzene rings is 3. The van der Waals surface area contributed by atoms with Gasteiger partial charge in [-0.3, -0.25) is 19.2 Å². The number of imide groups is 1. The van der Waals surface area contributed by atoms with E-state index in [0.717, 1.165) is 9.37 Å². The molecule has 1 aliphatic carbocycles. The first kappa shape index (κ1) is 21.1. The summed E-state index contributed by atoms with van der Waals surface area (Å²) in [7, 11) is 0. The molecule has 0 saturated carbocycles. The number of ketones is 2. The highest BCUT2D eigenvalue weighted by atomic mass is 79.9. The van der Waals surface area contributed by atoms with Crippen LogP contribution in [0.5, 0.6) is 0 Å². The van der Waals surface area contributed by atoms with Gasteiger partial charge in [-0.25, -0.2) is 9.29 Å². The summed E-state index contributed by atoms with van der Waals surface area (Å²) in [5.41, 5.74) is -1.29. The number of hydrogen-bond donors (Lipinski definition) is 0. The molecule has 0 unspecified atom stereocenters. The number of carbonyl (C=O) groups is 4. The van der Waals surface area contributed by atoms with Gasteiger partial charge < -0.3 is 4.74 Å². The Bertz CT molecular complexity index is 1380. The Hall–Kier alpha value is -3.49. The van der Waals surface area contributed by atoms with Crippen molar-refractivity contribution in [2.75, 3.05) is 4.90 Å². The molecule has 8 heteroatoms. The average molecular weight is 520 g/mol. The Morgan fingerprint density at radius 3 is 2.09 bits per heavy atom. The smallest absolute Gasteiger partial charge is 0.241 e. The van der Waals surface area contributed by atoms with Crippen LogP contribution in [-0.2, 0) is 14.3 Å². The van der Waals surface area contributed by atoms with E-state index in [9.17, 15) is 23.6 Å². The molecule has 3 aliphatic rings. The molecular weight excluding hydrogens is 505 g/mol. The van der Waals surface area contributed by atoms with Crippen molar-refractivity contribution in [2.45, 2.75) is 11.7 Å². The fourth-order valence-corrected chi connectivity index (χ4v) is 5.61. The lowest BCUT2D eigenvalue weighted by Crippen LogP contribution is -2.51. The molecule has 34 heavy (non-hydrogen) atoms. The summed E-state index contributed by atoms with van der Waals surface area (Å²) in [6.07, 6.45) is -1.15. The minimum atomic E-state index is -2.18. The zero-order chi connectivity index (χ0) is 23.8. The zero-order valence-electron chi connectivity index (χ0n) is 17.4. The number of fused-ring (bicyclic) bond motifs is 3. The topological polar surface area (TPSA) is 80.8 Å². The van der Waals surface area contributed by atoms with E-state index in [1.54, 1.807) is 42.5 Å². The van der Waals surface area contributed by atoms with Gasteiger partial charge in [0.2, 0.25) is 29.0 Å². The predicted molar refractivity (Wildman–Crippen MR) is 122 cm³/mol. The van der Waals surface area contributed by atoms with Crippen molar-refractivity contribution in [1.29, 1.82) is 0 Å². The van der Waals surface area contributed by atoms with E-state index in [2.05, 4.69) is 15.9 Å². The molecule has 168 valence electrons. The first-order chi connectivity index (χ1) is 16.3. The first-order valence-electron chi connectivity index (χ1n) is 10.6. The lowest BCUT2D eigenvalue weighted by Gasteiger charge is -2.27. The maximum Gasteiger partial charge on any atom is 0.241 e. The van der Waals surface area contributed by atoms with Gasteiger partial charge >= 0.3 is 0 Å². The van der Waals surface area contributed by atoms with Crippen LogP contribution in [-0.4, -0.2) is 29.0 Å². The van der Waals surface area contributed by atoms with E-state index in [-0.39, 0.29) is 16.7 Å². The van der Waals surface area contributed by atoms with Crippen LogP contribution in [0.4, 0.5) is 10.1 Å². The molecule has 2 saturated heterocycles. The van der Waals surface area contributed by atoms with E-state index in [0.29, 0.717) is 5.69 Å². The van der Waals surface area contributed by atoms with Crippen LogP contribution in [0.3, 0.4) is 0 Å². The number of amides is 2. The van der Waals surface area contributed by atoms with E-state index in [1.165, 1.54) is 30.3 Å². The van der Waals surface area contributed by atoms with Gasteiger partial charge in [-0.05, 0) is 42.0 Å². The predicted octanol–water partition coefficient (Wildman–Crippen LogP) is 4.28. The van der Waals surface area contributed by atoms with Crippen molar-refractivity contribution < 1.29 is 28.3 Å². The van der Waals surface area contributed by atoms with E-state index >= 15 is 0 Å². The van der Waals surface area contributed by atoms with Gasteiger partial charge in [0.25, 0.3) is 0 Å². The summed E-state index contributed by atoms with van der Waals surface area (Å²) < 4.78 is 21.0. The van der Waals surface area contributed by atoms with Crippen molar-refractivity contribution in [3.05, 3.63) is 99.8 Å². The molecule has 1 spiro atoms. The third kappa shape index (κ3) is 2.63. The zero-order valence-corrected chi connectivity index (χ0v) is 19.0. The molecule has 2 heterocycles. The third-order valence-electron chi connectivity index (χ3n) is 6.78. The number of nitrogens with zero attached hydrogens (tertiary/aromatic N) is 1. The van der Waals surface area contributed by atoms with Crippen molar-refractivity contribution in [1.82, 2.24) is 0 Å². The standard InChI is InChI=1S/C26H15BrFNO5/c27-14-8-10-16(11-9-14)29-24(32)19-20(25(29)33)26(34-21(19)13-4-3-5-15(28)12-13)22(30)17-6-1-2-7-18(17)23(26)31/h1-12,19-21H/t19-,20-,21+/m0/s1. The quantitative estimate of drug-likeness (QED) is 0.372. The highest BCUT2D eigenvalue weighted by molar-refractivity contribution is 9.10. The van der Waals surface area contributed by atoms with Gasteiger partial charge in [-0.1, -0.05) is 52.3 Å². The summed E-state index contributed by atoms with van der Waals surface area (Å²) in [5, 5.41) is 0. The number of ether oxygens (including phenoxy) is 1. The van der Waals surface area contributed by atoms with E-state index in [1.807, 2.05) is 0 Å². The summed E-state index contributed by atoms with van der Waals surface area (Å²) >= 11 is 3.33. The molecule has 0 aromatic heterocycles. The van der Waals surface area contributed by atoms with Crippen molar-refractivity contribution in [3.63, 3.8) is 0 Å². The number of halogens is 2. The second kappa shape index (κ2) is 7.25. The molecule has 3 aromatic carbocycles. The first-order valence-corrected chi connectivity index (χ1v) is 11.4. The molecule has 2 aliphatic heterocycles. The van der Waals surface area contributed by atoms with Crippen molar-refractivity contribution in [2.24, 2.45) is 11.8 Å². The lowest BCUT2D eigenvalue weighted by atomic mass is 9.77. The van der Waals surface area contributed by atoms with Crippen LogP contribution < -0.4 is 4.90 Å². The van der Waals surface area contributed by atoms with E-state index < -0.39 is 52.7 Å². The second-order valence-electron chi connectivity index (χ2n) is 8.52. The van der Waals surface area contributed by atoms with Crippen LogP contribution in [0.25, 0.3) is 0 Å². The minimum absolute atomic E-state index is 0.147. The fraction of sp³-hybridized carbons (Fsp3) is 0.154. The minimum Gasteiger partial charge on any atom is -0.349 e. The maximum atomic E-state index is 14.1. The van der Waals surface area contributed by atoms with Gasteiger partial charge in [0.05, 0.1) is 23.6 Å².